The van der Waals surface area contributed by atoms with Crippen LogP contribution >= 0.6 is 0 Å². The topological polar surface area (TPSA) is 72.3 Å². The highest BCUT2D eigenvalue weighted by Gasteiger charge is 2.22. The van der Waals surface area contributed by atoms with Gasteiger partial charge in [-0.15, -0.1) is 0 Å². The van der Waals surface area contributed by atoms with Crippen molar-refractivity contribution in [2.45, 2.75) is 32.7 Å². The molecule has 0 aliphatic rings. The van der Waals surface area contributed by atoms with E-state index in [1.807, 2.05) is 23.0 Å². The molecular formula is C23H22N6. The average Bonchev–Trinajstić information content (AvgIpc) is 3.29. The first-order valence-electron chi connectivity index (χ1n) is 9.71. The smallest absolute Gasteiger partial charge is 0.162 e. The van der Waals surface area contributed by atoms with E-state index in [4.69, 9.17) is 10.1 Å². The summed E-state index contributed by atoms with van der Waals surface area (Å²) in [6.45, 7) is 6.37. The van der Waals surface area contributed by atoms with Crippen LogP contribution in [0.3, 0.4) is 0 Å². The Hall–Kier alpha value is -3.54. The molecule has 5 rings (SSSR count). The highest BCUT2D eigenvalue weighted by atomic mass is 15.3. The lowest BCUT2D eigenvalue weighted by atomic mass is 10.1. The normalized spacial score (nSPS) is 12.1. The number of rotatable bonds is 3. The van der Waals surface area contributed by atoms with Gasteiger partial charge in [0.25, 0.3) is 0 Å². The Morgan fingerprint density at radius 2 is 1.86 bits per heavy atom. The van der Waals surface area contributed by atoms with Crippen molar-refractivity contribution in [2.24, 2.45) is 0 Å². The first-order valence-corrected chi connectivity index (χ1v) is 9.71. The molecule has 0 aliphatic heterocycles. The van der Waals surface area contributed by atoms with Crippen LogP contribution in [0.5, 0.6) is 0 Å². The minimum absolute atomic E-state index is 0.175. The quantitative estimate of drug-likeness (QED) is 0.490. The van der Waals surface area contributed by atoms with Crippen molar-refractivity contribution in [1.29, 1.82) is 0 Å². The summed E-state index contributed by atoms with van der Waals surface area (Å²) in [5, 5.41) is 5.84. The van der Waals surface area contributed by atoms with Crippen molar-refractivity contribution >= 4 is 22.1 Å². The molecule has 144 valence electrons. The lowest BCUT2D eigenvalue weighted by molar-refractivity contribution is 0.367. The number of aromatic nitrogens is 6. The predicted octanol–water partition coefficient (Wildman–Crippen LogP) is 4.72. The molecule has 0 fully saturated rings. The SMILES string of the molecule is CC(C)(C)n1nc(-c2ccc3nc(Cc4ccccc4)[nH]c3c2)c2cncnc21. The Morgan fingerprint density at radius 1 is 1.03 bits per heavy atom. The van der Waals surface area contributed by atoms with Gasteiger partial charge in [0, 0.05) is 18.2 Å². The highest BCUT2D eigenvalue weighted by Crippen LogP contribution is 2.31. The molecule has 0 aliphatic carbocycles. The zero-order valence-electron chi connectivity index (χ0n) is 16.7. The number of benzene rings is 2. The van der Waals surface area contributed by atoms with Crippen LogP contribution in [0.1, 0.15) is 32.2 Å². The van der Waals surface area contributed by atoms with E-state index < -0.39 is 0 Å². The molecule has 0 atom stereocenters. The van der Waals surface area contributed by atoms with E-state index in [1.54, 1.807) is 6.33 Å². The summed E-state index contributed by atoms with van der Waals surface area (Å²) in [5.74, 6) is 0.955. The summed E-state index contributed by atoms with van der Waals surface area (Å²) in [6, 6.07) is 16.6. The van der Waals surface area contributed by atoms with E-state index >= 15 is 0 Å². The largest absolute Gasteiger partial charge is 0.342 e. The molecule has 0 saturated carbocycles. The van der Waals surface area contributed by atoms with Crippen LogP contribution in [-0.2, 0) is 12.0 Å². The van der Waals surface area contributed by atoms with Crippen LogP contribution in [0.15, 0.2) is 61.1 Å². The number of hydrogen-bond acceptors (Lipinski definition) is 4. The van der Waals surface area contributed by atoms with Crippen molar-refractivity contribution in [2.75, 3.05) is 0 Å². The summed E-state index contributed by atoms with van der Waals surface area (Å²) in [5.41, 5.74) is 5.77. The molecule has 6 nitrogen and oxygen atoms in total. The Morgan fingerprint density at radius 3 is 2.66 bits per heavy atom. The number of nitrogens with one attached hydrogen (secondary N) is 1. The molecule has 29 heavy (non-hydrogen) atoms. The molecule has 3 aromatic heterocycles. The zero-order chi connectivity index (χ0) is 20.0. The minimum Gasteiger partial charge on any atom is -0.342 e. The van der Waals surface area contributed by atoms with Crippen LogP contribution in [0, 0.1) is 0 Å². The first kappa shape index (κ1) is 17.6. The third-order valence-electron chi connectivity index (χ3n) is 5.00. The lowest BCUT2D eigenvalue weighted by Gasteiger charge is -2.19. The maximum Gasteiger partial charge on any atom is 0.162 e. The fourth-order valence-electron chi connectivity index (χ4n) is 3.62. The molecule has 2 aromatic carbocycles. The standard InChI is InChI=1S/C23H22N6/c1-23(2,3)29-22-17(13-24-14-25-22)21(28-29)16-9-10-18-19(12-16)27-20(26-18)11-15-7-5-4-6-8-15/h4-10,12-14H,11H2,1-3H3,(H,26,27). The first-order chi connectivity index (χ1) is 14.0. The van der Waals surface area contributed by atoms with Gasteiger partial charge in [-0.2, -0.15) is 5.10 Å². The van der Waals surface area contributed by atoms with Crippen LogP contribution in [-0.4, -0.2) is 29.7 Å². The summed E-state index contributed by atoms with van der Waals surface area (Å²) in [4.78, 5) is 16.9. The van der Waals surface area contributed by atoms with E-state index in [0.29, 0.717) is 0 Å². The molecule has 1 N–H and O–H groups in total. The van der Waals surface area contributed by atoms with Gasteiger partial charge < -0.3 is 4.98 Å². The van der Waals surface area contributed by atoms with Crippen molar-refractivity contribution in [3.8, 4) is 11.3 Å². The Bertz CT molecular complexity index is 1310. The molecule has 0 unspecified atom stereocenters. The lowest BCUT2D eigenvalue weighted by Crippen LogP contribution is -2.23. The maximum absolute atomic E-state index is 4.89. The van der Waals surface area contributed by atoms with Gasteiger partial charge in [-0.05, 0) is 38.5 Å². The average molecular weight is 382 g/mol. The second kappa shape index (κ2) is 6.51. The van der Waals surface area contributed by atoms with Crippen LogP contribution < -0.4 is 0 Å². The van der Waals surface area contributed by atoms with Gasteiger partial charge in [-0.25, -0.2) is 19.6 Å². The van der Waals surface area contributed by atoms with Crippen LogP contribution in [0.25, 0.3) is 33.3 Å². The van der Waals surface area contributed by atoms with Crippen LogP contribution in [0.2, 0.25) is 0 Å². The van der Waals surface area contributed by atoms with Gasteiger partial charge in [0.2, 0.25) is 0 Å². The number of aromatic amines is 1. The predicted molar refractivity (Wildman–Crippen MR) is 115 cm³/mol. The van der Waals surface area contributed by atoms with Gasteiger partial charge >= 0.3 is 0 Å². The van der Waals surface area contributed by atoms with E-state index in [0.717, 1.165) is 45.6 Å². The molecule has 6 heteroatoms. The monoisotopic (exact) mass is 382 g/mol. The minimum atomic E-state index is -0.175. The third kappa shape index (κ3) is 3.16. The van der Waals surface area contributed by atoms with Gasteiger partial charge in [0.1, 0.15) is 17.8 Å². The fourth-order valence-corrected chi connectivity index (χ4v) is 3.62. The van der Waals surface area contributed by atoms with Crippen molar-refractivity contribution in [1.82, 2.24) is 29.7 Å². The van der Waals surface area contributed by atoms with Gasteiger partial charge in [-0.1, -0.05) is 36.4 Å². The van der Waals surface area contributed by atoms with E-state index in [9.17, 15) is 0 Å². The summed E-state index contributed by atoms with van der Waals surface area (Å²) in [7, 11) is 0. The second-order valence-corrected chi connectivity index (χ2v) is 8.27. The molecule has 5 aromatic rings. The second-order valence-electron chi connectivity index (χ2n) is 8.27. The van der Waals surface area contributed by atoms with E-state index in [2.05, 4.69) is 72.1 Å². The Balaban J connectivity index is 1.59. The van der Waals surface area contributed by atoms with Crippen molar-refractivity contribution in [3.63, 3.8) is 0 Å². The summed E-state index contributed by atoms with van der Waals surface area (Å²) >= 11 is 0. The molecule has 0 bridgehead atoms. The van der Waals surface area contributed by atoms with E-state index in [-0.39, 0.29) is 5.54 Å². The molecular weight excluding hydrogens is 360 g/mol. The molecule has 0 radical (unpaired) electrons. The zero-order valence-corrected chi connectivity index (χ0v) is 16.7. The van der Waals surface area contributed by atoms with Crippen molar-refractivity contribution in [3.05, 3.63) is 72.4 Å². The number of H-pyrrole nitrogens is 1. The molecule has 0 spiro atoms. The maximum atomic E-state index is 4.89. The van der Waals surface area contributed by atoms with Gasteiger partial charge in [-0.3, -0.25) is 0 Å². The number of fused-ring (bicyclic) bond motifs is 2. The summed E-state index contributed by atoms with van der Waals surface area (Å²) in [6.07, 6.45) is 4.19. The van der Waals surface area contributed by atoms with Gasteiger partial charge in [0.05, 0.1) is 22.0 Å². The fraction of sp³-hybridized carbons (Fsp3) is 0.217. The molecule has 0 saturated heterocycles. The summed E-state index contributed by atoms with van der Waals surface area (Å²) < 4.78 is 1.97. The molecule has 0 amide bonds. The van der Waals surface area contributed by atoms with Crippen molar-refractivity contribution < 1.29 is 0 Å². The third-order valence-corrected chi connectivity index (χ3v) is 5.00. The Labute approximate surface area is 168 Å². The Kier molecular flexibility index (Phi) is 3.94. The number of hydrogen-bond donors (Lipinski definition) is 1. The van der Waals surface area contributed by atoms with Crippen LogP contribution in [0.4, 0.5) is 0 Å². The highest BCUT2D eigenvalue weighted by molar-refractivity contribution is 5.93. The number of nitrogens with zero attached hydrogens (tertiary/aromatic N) is 5. The van der Waals surface area contributed by atoms with Gasteiger partial charge in [0.15, 0.2) is 5.65 Å². The molecule has 3 heterocycles. The number of imidazole rings is 1. The van der Waals surface area contributed by atoms with E-state index in [1.165, 1.54) is 5.56 Å².